The third-order valence-corrected chi connectivity index (χ3v) is 3.31. The highest BCUT2D eigenvalue weighted by atomic mass is 127. The Labute approximate surface area is 119 Å². The lowest BCUT2D eigenvalue weighted by atomic mass is 10.2. The molecule has 0 saturated heterocycles. The Morgan fingerprint density at radius 1 is 1.18 bits per heavy atom. The number of phenolic OH excluding ortho intramolecular Hbond substituents is 1. The predicted octanol–water partition coefficient (Wildman–Crippen LogP) is 4.26. The molecule has 2 N–H and O–H groups in total. The largest absolute Gasteiger partial charge is 0.508 e. The van der Waals surface area contributed by atoms with E-state index in [4.69, 9.17) is 11.6 Å². The van der Waals surface area contributed by atoms with Crippen molar-refractivity contribution < 1.29 is 5.11 Å². The molecule has 0 spiro atoms. The first-order chi connectivity index (χ1) is 8.15. The third-order valence-electron chi connectivity index (χ3n) is 2.32. The van der Waals surface area contributed by atoms with Crippen molar-refractivity contribution in [2.45, 2.75) is 6.54 Å². The average Bonchev–Trinajstić information content (AvgIpc) is 2.28. The van der Waals surface area contributed by atoms with Gasteiger partial charge in [-0.3, -0.25) is 0 Å². The fourth-order valence-corrected chi connectivity index (χ4v) is 2.42. The Morgan fingerprint density at radius 2 is 2.00 bits per heavy atom. The van der Waals surface area contributed by atoms with Gasteiger partial charge in [0.2, 0.25) is 0 Å². The Balaban J connectivity index is 2.07. The Morgan fingerprint density at radius 3 is 2.71 bits per heavy atom. The van der Waals surface area contributed by atoms with Crippen LogP contribution in [-0.4, -0.2) is 5.11 Å². The van der Waals surface area contributed by atoms with Crippen LogP contribution in [0.15, 0.2) is 42.5 Å². The molecule has 4 heteroatoms. The highest BCUT2D eigenvalue weighted by Gasteiger charge is 2.01. The standard InChI is InChI=1S/C13H11ClINO/c14-12-7-10(15)4-5-13(12)16-8-9-2-1-3-11(17)6-9/h1-7,16-17H,8H2. The van der Waals surface area contributed by atoms with Crippen LogP contribution in [0.5, 0.6) is 5.75 Å². The van der Waals surface area contributed by atoms with Gasteiger partial charge < -0.3 is 10.4 Å². The van der Waals surface area contributed by atoms with E-state index >= 15 is 0 Å². The number of rotatable bonds is 3. The van der Waals surface area contributed by atoms with Crippen LogP contribution in [0.4, 0.5) is 5.69 Å². The van der Waals surface area contributed by atoms with Gasteiger partial charge in [0.1, 0.15) is 5.75 Å². The molecule has 0 saturated carbocycles. The summed E-state index contributed by atoms with van der Waals surface area (Å²) in [4.78, 5) is 0. The molecule has 0 fully saturated rings. The fraction of sp³-hybridized carbons (Fsp3) is 0.0769. The van der Waals surface area contributed by atoms with Crippen LogP contribution in [0.2, 0.25) is 5.02 Å². The highest BCUT2D eigenvalue weighted by molar-refractivity contribution is 14.1. The van der Waals surface area contributed by atoms with E-state index in [-0.39, 0.29) is 5.75 Å². The fourth-order valence-electron chi connectivity index (χ4n) is 1.50. The summed E-state index contributed by atoms with van der Waals surface area (Å²) in [7, 11) is 0. The molecule has 0 aliphatic heterocycles. The smallest absolute Gasteiger partial charge is 0.115 e. The molecule has 2 aromatic carbocycles. The lowest BCUT2D eigenvalue weighted by molar-refractivity contribution is 0.474. The molecule has 0 aliphatic carbocycles. The number of nitrogens with one attached hydrogen (secondary N) is 1. The number of aromatic hydroxyl groups is 1. The second-order valence-electron chi connectivity index (χ2n) is 3.65. The number of anilines is 1. The summed E-state index contributed by atoms with van der Waals surface area (Å²) in [5, 5.41) is 13.3. The highest BCUT2D eigenvalue weighted by Crippen LogP contribution is 2.24. The maximum atomic E-state index is 9.35. The topological polar surface area (TPSA) is 32.3 Å². The third kappa shape index (κ3) is 3.51. The Bertz CT molecular complexity index is 531. The number of hydrogen-bond acceptors (Lipinski definition) is 2. The summed E-state index contributed by atoms with van der Waals surface area (Å²) in [5.74, 6) is 0.276. The van der Waals surface area contributed by atoms with Crippen LogP contribution in [0, 0.1) is 3.57 Å². The van der Waals surface area contributed by atoms with Crippen molar-refractivity contribution >= 4 is 39.9 Å². The van der Waals surface area contributed by atoms with Gasteiger partial charge >= 0.3 is 0 Å². The van der Waals surface area contributed by atoms with Crippen molar-refractivity contribution in [3.8, 4) is 5.75 Å². The molecule has 0 atom stereocenters. The zero-order valence-electron chi connectivity index (χ0n) is 8.95. The molecular weight excluding hydrogens is 349 g/mol. The second-order valence-corrected chi connectivity index (χ2v) is 5.30. The lowest BCUT2D eigenvalue weighted by Gasteiger charge is -2.09. The number of hydrogen-bond donors (Lipinski definition) is 2. The van der Waals surface area contributed by atoms with Gasteiger partial charge in [-0.2, -0.15) is 0 Å². The summed E-state index contributed by atoms with van der Waals surface area (Å²) < 4.78 is 1.11. The van der Waals surface area contributed by atoms with Gasteiger partial charge in [-0.25, -0.2) is 0 Å². The first-order valence-corrected chi connectivity index (χ1v) is 6.57. The van der Waals surface area contributed by atoms with Gasteiger partial charge in [0.15, 0.2) is 0 Å². The van der Waals surface area contributed by atoms with Crippen molar-refractivity contribution in [1.82, 2.24) is 0 Å². The van der Waals surface area contributed by atoms with Crippen LogP contribution in [0.1, 0.15) is 5.56 Å². The minimum Gasteiger partial charge on any atom is -0.508 e. The minimum atomic E-state index is 0.276. The normalized spacial score (nSPS) is 10.2. The monoisotopic (exact) mass is 359 g/mol. The molecule has 0 heterocycles. The van der Waals surface area contributed by atoms with Crippen LogP contribution in [-0.2, 0) is 6.54 Å². The summed E-state index contributed by atoms with van der Waals surface area (Å²) in [6.45, 7) is 0.634. The van der Waals surface area contributed by atoms with E-state index in [2.05, 4.69) is 27.9 Å². The van der Waals surface area contributed by atoms with Crippen molar-refractivity contribution in [3.05, 3.63) is 56.6 Å². The number of benzene rings is 2. The molecule has 0 unspecified atom stereocenters. The maximum absolute atomic E-state index is 9.35. The molecule has 0 amide bonds. The van der Waals surface area contributed by atoms with E-state index < -0.39 is 0 Å². The molecule has 2 rings (SSSR count). The van der Waals surface area contributed by atoms with E-state index in [9.17, 15) is 5.11 Å². The van der Waals surface area contributed by atoms with Gasteiger partial charge in [-0.05, 0) is 58.5 Å². The van der Waals surface area contributed by atoms with E-state index in [1.807, 2.05) is 30.3 Å². The summed E-state index contributed by atoms with van der Waals surface area (Å²) >= 11 is 8.33. The van der Waals surface area contributed by atoms with Crippen molar-refractivity contribution in [2.75, 3.05) is 5.32 Å². The second kappa shape index (κ2) is 5.60. The average molecular weight is 360 g/mol. The van der Waals surface area contributed by atoms with Gasteiger partial charge in [0.25, 0.3) is 0 Å². The Kier molecular flexibility index (Phi) is 4.12. The number of halogens is 2. The van der Waals surface area contributed by atoms with Gasteiger partial charge in [0, 0.05) is 10.1 Å². The van der Waals surface area contributed by atoms with E-state index in [0.29, 0.717) is 11.6 Å². The van der Waals surface area contributed by atoms with Gasteiger partial charge in [-0.1, -0.05) is 23.7 Å². The molecule has 2 aromatic rings. The molecule has 0 aliphatic rings. The van der Waals surface area contributed by atoms with E-state index in [1.54, 1.807) is 12.1 Å². The molecule has 17 heavy (non-hydrogen) atoms. The lowest BCUT2D eigenvalue weighted by Crippen LogP contribution is -1.99. The van der Waals surface area contributed by atoms with Gasteiger partial charge in [0.05, 0.1) is 10.7 Å². The molecule has 0 radical (unpaired) electrons. The molecule has 0 aromatic heterocycles. The zero-order valence-corrected chi connectivity index (χ0v) is 11.9. The molecule has 2 nitrogen and oxygen atoms in total. The SMILES string of the molecule is Oc1cccc(CNc2ccc(I)cc2Cl)c1. The first-order valence-electron chi connectivity index (χ1n) is 5.12. The number of phenols is 1. The first kappa shape index (κ1) is 12.5. The van der Waals surface area contributed by atoms with Crippen molar-refractivity contribution in [2.24, 2.45) is 0 Å². The summed E-state index contributed by atoms with van der Waals surface area (Å²) in [6, 6.07) is 13.0. The van der Waals surface area contributed by atoms with Crippen LogP contribution in [0.3, 0.4) is 0 Å². The zero-order chi connectivity index (χ0) is 12.3. The van der Waals surface area contributed by atoms with Crippen LogP contribution in [0.25, 0.3) is 0 Å². The quantitative estimate of drug-likeness (QED) is 0.803. The summed E-state index contributed by atoms with van der Waals surface area (Å²) in [5.41, 5.74) is 1.91. The minimum absolute atomic E-state index is 0.276. The Hall–Kier alpha value is -0.940. The van der Waals surface area contributed by atoms with E-state index in [1.165, 1.54) is 0 Å². The van der Waals surface area contributed by atoms with Gasteiger partial charge in [-0.15, -0.1) is 0 Å². The maximum Gasteiger partial charge on any atom is 0.115 e. The van der Waals surface area contributed by atoms with Crippen LogP contribution < -0.4 is 5.32 Å². The van der Waals surface area contributed by atoms with Crippen molar-refractivity contribution in [1.29, 1.82) is 0 Å². The van der Waals surface area contributed by atoms with Crippen molar-refractivity contribution in [3.63, 3.8) is 0 Å². The molecule has 88 valence electrons. The molecular formula is C13H11ClINO. The van der Waals surface area contributed by atoms with E-state index in [0.717, 1.165) is 14.8 Å². The predicted molar refractivity (Wildman–Crippen MR) is 79.6 cm³/mol. The molecule has 0 bridgehead atoms. The van der Waals surface area contributed by atoms with Crippen LogP contribution >= 0.6 is 34.2 Å². The summed E-state index contributed by atoms with van der Waals surface area (Å²) in [6.07, 6.45) is 0.